The van der Waals surface area contributed by atoms with Crippen LogP contribution in [0.4, 0.5) is 0 Å². The number of hydrogen-bond donors (Lipinski definition) is 1. The van der Waals surface area contributed by atoms with E-state index < -0.39 is 0 Å². The quantitative estimate of drug-likeness (QED) is 0.784. The second kappa shape index (κ2) is 7.32. The summed E-state index contributed by atoms with van der Waals surface area (Å²) in [5.74, 6) is -0.362. The van der Waals surface area contributed by atoms with Gasteiger partial charge in [0.1, 0.15) is 5.69 Å². The number of aromatic nitrogens is 2. The van der Waals surface area contributed by atoms with Gasteiger partial charge < -0.3 is 5.32 Å². The zero-order valence-electron chi connectivity index (χ0n) is 13.5. The van der Waals surface area contributed by atoms with Crippen molar-refractivity contribution < 1.29 is 4.79 Å². The highest BCUT2D eigenvalue weighted by Crippen LogP contribution is 2.23. The van der Waals surface area contributed by atoms with Crippen LogP contribution in [0.25, 0.3) is 0 Å². The van der Waals surface area contributed by atoms with Gasteiger partial charge in [0.25, 0.3) is 11.5 Å². The smallest absolute Gasteiger partial charge is 0.272 e. The van der Waals surface area contributed by atoms with Crippen LogP contribution in [0.3, 0.4) is 0 Å². The predicted octanol–water partition coefficient (Wildman–Crippen LogP) is 2.95. The molecular weight excluding hydrogens is 338 g/mol. The molecule has 0 aliphatic carbocycles. The molecule has 0 radical (unpaired) electrons. The Labute approximate surface area is 149 Å². The van der Waals surface area contributed by atoms with E-state index in [-0.39, 0.29) is 23.2 Å². The molecule has 1 aromatic heterocycles. The molecule has 0 fully saturated rings. The van der Waals surface area contributed by atoms with E-state index in [1.165, 1.54) is 19.2 Å². The summed E-state index contributed by atoms with van der Waals surface area (Å²) in [7, 11) is 1.51. The molecule has 1 atom stereocenters. The van der Waals surface area contributed by atoms with Gasteiger partial charge in [0.2, 0.25) is 0 Å². The third-order valence-corrected chi connectivity index (χ3v) is 4.06. The highest BCUT2D eigenvalue weighted by atomic mass is 35.5. The fraction of sp³-hybridized carbons (Fsp3) is 0.105. The maximum absolute atomic E-state index is 12.6. The van der Waals surface area contributed by atoms with Crippen molar-refractivity contribution in [2.24, 2.45) is 7.05 Å². The summed E-state index contributed by atoms with van der Waals surface area (Å²) in [6.45, 7) is 0. The number of nitrogens with zero attached hydrogens (tertiary/aromatic N) is 2. The zero-order chi connectivity index (χ0) is 17.8. The topological polar surface area (TPSA) is 64.0 Å². The SMILES string of the molecule is Cn1nc(C(=O)NC(c2ccccc2)c2ccc(Cl)cc2)ccc1=O. The van der Waals surface area contributed by atoms with E-state index >= 15 is 0 Å². The van der Waals surface area contributed by atoms with E-state index in [4.69, 9.17) is 11.6 Å². The first-order valence-corrected chi connectivity index (χ1v) is 8.08. The molecule has 6 heteroatoms. The molecule has 5 nitrogen and oxygen atoms in total. The molecule has 126 valence electrons. The summed E-state index contributed by atoms with van der Waals surface area (Å²) in [5.41, 5.74) is 1.74. The molecule has 1 heterocycles. The number of hydrogen-bond acceptors (Lipinski definition) is 3. The molecule has 0 saturated heterocycles. The van der Waals surface area contributed by atoms with Crippen molar-refractivity contribution in [3.8, 4) is 0 Å². The van der Waals surface area contributed by atoms with Gasteiger partial charge in [0, 0.05) is 18.1 Å². The minimum atomic E-state index is -0.362. The van der Waals surface area contributed by atoms with Gasteiger partial charge in [-0.05, 0) is 29.3 Å². The van der Waals surface area contributed by atoms with E-state index in [2.05, 4.69) is 10.4 Å². The van der Waals surface area contributed by atoms with Crippen LogP contribution in [-0.4, -0.2) is 15.7 Å². The second-order valence-corrected chi connectivity index (χ2v) is 5.99. The van der Waals surface area contributed by atoms with Crippen molar-refractivity contribution in [2.75, 3.05) is 0 Å². The Morgan fingerprint density at radius 2 is 1.64 bits per heavy atom. The summed E-state index contributed by atoms with van der Waals surface area (Å²) in [6, 6.07) is 19.3. The maximum atomic E-state index is 12.6. The largest absolute Gasteiger partial charge is 0.340 e. The van der Waals surface area contributed by atoms with Crippen molar-refractivity contribution in [3.63, 3.8) is 0 Å². The van der Waals surface area contributed by atoms with E-state index in [0.717, 1.165) is 15.8 Å². The molecular formula is C19H16ClN3O2. The van der Waals surface area contributed by atoms with E-state index in [0.29, 0.717) is 5.02 Å². The fourth-order valence-electron chi connectivity index (χ4n) is 2.49. The molecule has 2 aromatic carbocycles. The van der Waals surface area contributed by atoms with Gasteiger partial charge in [0.05, 0.1) is 6.04 Å². The number of carbonyl (C=O) groups excluding carboxylic acids is 1. The Hall–Kier alpha value is -2.92. The van der Waals surface area contributed by atoms with E-state index in [9.17, 15) is 9.59 Å². The van der Waals surface area contributed by atoms with Crippen LogP contribution in [0.2, 0.25) is 5.02 Å². The minimum Gasteiger partial charge on any atom is -0.340 e. The van der Waals surface area contributed by atoms with Crippen LogP contribution in [-0.2, 0) is 7.05 Å². The normalized spacial score (nSPS) is 11.8. The highest BCUT2D eigenvalue weighted by Gasteiger charge is 2.19. The summed E-state index contributed by atoms with van der Waals surface area (Å²) in [4.78, 5) is 24.1. The number of benzene rings is 2. The number of carbonyl (C=O) groups is 1. The maximum Gasteiger partial charge on any atom is 0.272 e. The molecule has 3 aromatic rings. The van der Waals surface area contributed by atoms with Gasteiger partial charge in [-0.1, -0.05) is 54.1 Å². The first-order valence-electron chi connectivity index (χ1n) is 7.70. The molecule has 3 rings (SSSR count). The van der Waals surface area contributed by atoms with Crippen LogP contribution < -0.4 is 10.9 Å². The van der Waals surface area contributed by atoms with Crippen molar-refractivity contribution in [3.05, 3.63) is 98.9 Å². The van der Waals surface area contributed by atoms with Crippen molar-refractivity contribution >= 4 is 17.5 Å². The van der Waals surface area contributed by atoms with Crippen LogP contribution >= 0.6 is 11.6 Å². The lowest BCUT2D eigenvalue weighted by Crippen LogP contribution is -2.32. The highest BCUT2D eigenvalue weighted by molar-refractivity contribution is 6.30. The van der Waals surface area contributed by atoms with Crippen LogP contribution in [0.1, 0.15) is 27.7 Å². The Bertz CT molecular complexity index is 937. The van der Waals surface area contributed by atoms with Gasteiger partial charge in [-0.25, -0.2) is 4.68 Å². The molecule has 0 saturated carbocycles. The predicted molar refractivity (Wildman–Crippen MR) is 96.7 cm³/mol. The number of halogens is 1. The molecule has 0 bridgehead atoms. The number of aryl methyl sites for hydroxylation is 1. The van der Waals surface area contributed by atoms with Gasteiger partial charge in [-0.15, -0.1) is 0 Å². The fourth-order valence-corrected chi connectivity index (χ4v) is 2.61. The molecule has 1 N–H and O–H groups in total. The first-order chi connectivity index (χ1) is 12.0. The Morgan fingerprint density at radius 1 is 1.00 bits per heavy atom. The summed E-state index contributed by atoms with van der Waals surface area (Å²) in [5, 5.41) is 7.60. The zero-order valence-corrected chi connectivity index (χ0v) is 14.3. The standard InChI is InChI=1S/C19H16ClN3O2/c1-23-17(24)12-11-16(22-23)19(25)21-18(13-5-3-2-4-6-13)14-7-9-15(20)10-8-14/h2-12,18H,1H3,(H,21,25). The molecule has 25 heavy (non-hydrogen) atoms. The lowest BCUT2D eigenvalue weighted by Gasteiger charge is -2.20. The Kier molecular flexibility index (Phi) is 4.95. The third kappa shape index (κ3) is 3.95. The average Bonchev–Trinajstić information content (AvgIpc) is 2.63. The van der Waals surface area contributed by atoms with Crippen LogP contribution in [0.15, 0.2) is 71.5 Å². The van der Waals surface area contributed by atoms with Gasteiger partial charge in [0.15, 0.2) is 0 Å². The number of rotatable bonds is 4. The molecule has 0 spiro atoms. The summed E-state index contributed by atoms with van der Waals surface area (Å²) < 4.78 is 1.13. The van der Waals surface area contributed by atoms with E-state index in [1.807, 2.05) is 42.5 Å². The van der Waals surface area contributed by atoms with Crippen molar-refractivity contribution in [1.29, 1.82) is 0 Å². The second-order valence-electron chi connectivity index (χ2n) is 5.55. The van der Waals surface area contributed by atoms with Crippen molar-refractivity contribution in [1.82, 2.24) is 15.1 Å². The van der Waals surface area contributed by atoms with Gasteiger partial charge >= 0.3 is 0 Å². The average molecular weight is 354 g/mol. The lowest BCUT2D eigenvalue weighted by molar-refractivity contribution is 0.0935. The van der Waals surface area contributed by atoms with Crippen LogP contribution in [0, 0.1) is 0 Å². The molecule has 0 aliphatic heterocycles. The molecule has 1 amide bonds. The van der Waals surface area contributed by atoms with E-state index in [1.54, 1.807) is 12.1 Å². The Balaban J connectivity index is 1.94. The monoisotopic (exact) mass is 353 g/mol. The van der Waals surface area contributed by atoms with Crippen LogP contribution in [0.5, 0.6) is 0 Å². The molecule has 1 unspecified atom stereocenters. The molecule has 0 aliphatic rings. The minimum absolute atomic E-state index is 0.178. The van der Waals surface area contributed by atoms with Crippen molar-refractivity contribution in [2.45, 2.75) is 6.04 Å². The lowest BCUT2D eigenvalue weighted by atomic mass is 9.98. The van der Waals surface area contributed by atoms with Gasteiger partial charge in [-0.2, -0.15) is 5.10 Å². The first kappa shape index (κ1) is 16.9. The van der Waals surface area contributed by atoms with Gasteiger partial charge in [-0.3, -0.25) is 9.59 Å². The summed E-state index contributed by atoms with van der Waals surface area (Å²) >= 11 is 5.97. The number of nitrogens with one attached hydrogen (secondary N) is 1. The Morgan fingerprint density at radius 3 is 2.28 bits per heavy atom. The number of amides is 1. The third-order valence-electron chi connectivity index (χ3n) is 3.80. The summed E-state index contributed by atoms with van der Waals surface area (Å²) in [6.07, 6.45) is 0.